The average molecular weight is 251 g/mol. The molecule has 0 bridgehead atoms. The van der Waals surface area contributed by atoms with Crippen LogP contribution in [0.1, 0.15) is 20.8 Å². The summed E-state index contributed by atoms with van der Waals surface area (Å²) in [5.41, 5.74) is 2.52. The normalized spacial score (nSPS) is 11.1. The molecule has 0 unspecified atom stereocenters. The third-order valence-corrected chi connectivity index (χ3v) is 3.48. The van der Waals surface area contributed by atoms with Gasteiger partial charge in [0.2, 0.25) is 5.95 Å². The molecule has 0 aliphatic carbocycles. The highest BCUT2D eigenvalue weighted by Crippen LogP contribution is 2.29. The predicted molar refractivity (Wildman–Crippen MR) is 73.4 cm³/mol. The smallest absolute Gasteiger partial charge is 0.240 e. The molecule has 0 atom stereocenters. The number of nitrogens with two attached hydrogens (primary N) is 1. The molecule has 2 aromatic rings. The fourth-order valence-electron chi connectivity index (χ4n) is 1.88. The summed E-state index contributed by atoms with van der Waals surface area (Å²) in [5, 5.41) is 3.11. The van der Waals surface area contributed by atoms with Crippen LogP contribution in [0.5, 0.6) is 0 Å². The quantitative estimate of drug-likeness (QED) is 0.644. The van der Waals surface area contributed by atoms with Crippen molar-refractivity contribution in [2.45, 2.75) is 26.8 Å². The topological polar surface area (TPSA) is 67.1 Å². The van der Waals surface area contributed by atoms with Crippen LogP contribution in [-0.2, 0) is 0 Å². The molecule has 0 aliphatic heterocycles. The summed E-state index contributed by atoms with van der Waals surface area (Å²) >= 11 is 1.60. The molecule has 5 nitrogen and oxygen atoms in total. The number of hydrazine groups is 1. The van der Waals surface area contributed by atoms with E-state index in [0.717, 1.165) is 22.6 Å². The Balaban J connectivity index is 2.60. The second-order valence-corrected chi connectivity index (χ2v) is 4.93. The zero-order valence-corrected chi connectivity index (χ0v) is 11.1. The number of nitrogen functional groups attached to an aromatic ring is 1. The standard InChI is InChI=1S/C11H17N5S/c1-4-16(7(2)3)9-8-5-6-17-10(8)14-11(13-9)15-12/h5-7H,4,12H2,1-3H3,(H,13,14,15). The number of hydrogen-bond acceptors (Lipinski definition) is 6. The van der Waals surface area contributed by atoms with Gasteiger partial charge in [-0.25, -0.2) is 10.8 Å². The van der Waals surface area contributed by atoms with E-state index in [0.29, 0.717) is 12.0 Å². The van der Waals surface area contributed by atoms with Crippen molar-refractivity contribution >= 4 is 33.3 Å². The number of fused-ring (bicyclic) bond motifs is 1. The Morgan fingerprint density at radius 2 is 2.24 bits per heavy atom. The third-order valence-electron chi connectivity index (χ3n) is 2.67. The summed E-state index contributed by atoms with van der Waals surface area (Å²) in [6.07, 6.45) is 0. The van der Waals surface area contributed by atoms with Crippen LogP contribution in [-0.4, -0.2) is 22.6 Å². The molecule has 2 rings (SSSR count). The fourth-order valence-corrected chi connectivity index (χ4v) is 2.64. The van der Waals surface area contributed by atoms with Crippen molar-refractivity contribution in [1.82, 2.24) is 9.97 Å². The number of thiophene rings is 1. The van der Waals surface area contributed by atoms with Crippen LogP contribution in [0.15, 0.2) is 11.4 Å². The van der Waals surface area contributed by atoms with Gasteiger partial charge in [0.1, 0.15) is 10.6 Å². The highest BCUT2D eigenvalue weighted by atomic mass is 32.1. The number of rotatable bonds is 4. The minimum absolute atomic E-state index is 0.392. The van der Waals surface area contributed by atoms with Crippen molar-refractivity contribution in [2.24, 2.45) is 5.84 Å². The monoisotopic (exact) mass is 251 g/mol. The molecule has 0 aliphatic rings. The van der Waals surface area contributed by atoms with Gasteiger partial charge in [-0.1, -0.05) is 0 Å². The summed E-state index contributed by atoms with van der Waals surface area (Å²) in [4.78, 5) is 12.0. The SMILES string of the molecule is CCN(c1nc(NN)nc2sccc12)C(C)C. The van der Waals surface area contributed by atoms with Crippen molar-refractivity contribution in [3.8, 4) is 0 Å². The third kappa shape index (κ3) is 2.18. The lowest BCUT2D eigenvalue weighted by atomic mass is 10.2. The number of nitrogens with one attached hydrogen (secondary N) is 1. The van der Waals surface area contributed by atoms with Gasteiger partial charge in [0.05, 0.1) is 5.39 Å². The van der Waals surface area contributed by atoms with E-state index < -0.39 is 0 Å². The number of nitrogens with zero attached hydrogens (tertiary/aromatic N) is 3. The second-order valence-electron chi connectivity index (χ2n) is 4.03. The summed E-state index contributed by atoms with van der Waals surface area (Å²) in [5.74, 6) is 6.82. The molecule has 6 heteroatoms. The Morgan fingerprint density at radius 3 is 2.82 bits per heavy atom. The van der Waals surface area contributed by atoms with Gasteiger partial charge in [0.25, 0.3) is 0 Å². The Kier molecular flexibility index (Phi) is 3.44. The minimum Gasteiger partial charge on any atom is -0.354 e. The second kappa shape index (κ2) is 4.85. The summed E-state index contributed by atoms with van der Waals surface area (Å²) in [6, 6.07) is 2.45. The molecule has 92 valence electrons. The fraction of sp³-hybridized carbons (Fsp3) is 0.455. The lowest BCUT2D eigenvalue weighted by Gasteiger charge is -2.27. The maximum absolute atomic E-state index is 5.41. The van der Waals surface area contributed by atoms with Crippen molar-refractivity contribution in [3.63, 3.8) is 0 Å². The molecule has 0 saturated carbocycles. The first-order chi connectivity index (χ1) is 8.17. The molecule has 0 amide bonds. The van der Waals surface area contributed by atoms with Crippen LogP contribution in [0.4, 0.5) is 11.8 Å². The zero-order chi connectivity index (χ0) is 12.4. The van der Waals surface area contributed by atoms with E-state index in [1.807, 2.05) is 5.38 Å². The van der Waals surface area contributed by atoms with Crippen molar-refractivity contribution < 1.29 is 0 Å². The molecule has 2 aromatic heterocycles. The van der Waals surface area contributed by atoms with E-state index in [1.54, 1.807) is 11.3 Å². The van der Waals surface area contributed by atoms with Crippen LogP contribution in [0, 0.1) is 0 Å². The van der Waals surface area contributed by atoms with Gasteiger partial charge in [0, 0.05) is 12.6 Å². The van der Waals surface area contributed by atoms with E-state index in [-0.39, 0.29) is 0 Å². The van der Waals surface area contributed by atoms with Gasteiger partial charge >= 0.3 is 0 Å². The lowest BCUT2D eigenvalue weighted by molar-refractivity contribution is 0.696. The average Bonchev–Trinajstić information content (AvgIpc) is 2.77. The molecule has 0 spiro atoms. The minimum atomic E-state index is 0.392. The van der Waals surface area contributed by atoms with E-state index in [9.17, 15) is 0 Å². The van der Waals surface area contributed by atoms with Crippen LogP contribution in [0.2, 0.25) is 0 Å². The van der Waals surface area contributed by atoms with Crippen molar-refractivity contribution in [3.05, 3.63) is 11.4 Å². The number of anilines is 2. The van der Waals surface area contributed by atoms with Gasteiger partial charge in [-0.05, 0) is 32.2 Å². The molecule has 3 N–H and O–H groups in total. The van der Waals surface area contributed by atoms with Crippen molar-refractivity contribution in [2.75, 3.05) is 16.9 Å². The predicted octanol–water partition coefficient (Wildman–Crippen LogP) is 2.21. The van der Waals surface area contributed by atoms with E-state index in [4.69, 9.17) is 5.84 Å². The van der Waals surface area contributed by atoms with Crippen LogP contribution >= 0.6 is 11.3 Å². The van der Waals surface area contributed by atoms with Crippen LogP contribution in [0.25, 0.3) is 10.2 Å². The summed E-state index contributed by atoms with van der Waals surface area (Å²) < 4.78 is 0. The first-order valence-electron chi connectivity index (χ1n) is 5.65. The Bertz CT molecular complexity index is 508. The summed E-state index contributed by atoms with van der Waals surface area (Å²) in [7, 11) is 0. The molecule has 0 saturated heterocycles. The molecule has 0 fully saturated rings. The maximum atomic E-state index is 5.41. The van der Waals surface area contributed by atoms with Crippen LogP contribution < -0.4 is 16.2 Å². The van der Waals surface area contributed by atoms with Gasteiger partial charge in [0.15, 0.2) is 0 Å². The molecule has 17 heavy (non-hydrogen) atoms. The van der Waals surface area contributed by atoms with Gasteiger partial charge in [-0.3, -0.25) is 5.43 Å². The summed E-state index contributed by atoms with van der Waals surface area (Å²) in [6.45, 7) is 7.33. The Hall–Kier alpha value is -1.40. The molecular weight excluding hydrogens is 234 g/mol. The molecule has 0 aromatic carbocycles. The zero-order valence-electron chi connectivity index (χ0n) is 10.3. The number of aromatic nitrogens is 2. The number of hydrogen-bond donors (Lipinski definition) is 2. The van der Waals surface area contributed by atoms with Gasteiger partial charge < -0.3 is 4.90 Å². The molecule has 0 radical (unpaired) electrons. The first-order valence-corrected chi connectivity index (χ1v) is 6.53. The van der Waals surface area contributed by atoms with Gasteiger partial charge in [-0.2, -0.15) is 4.98 Å². The highest BCUT2D eigenvalue weighted by Gasteiger charge is 2.16. The Labute approximate surface area is 105 Å². The van der Waals surface area contributed by atoms with Gasteiger partial charge in [-0.15, -0.1) is 11.3 Å². The molecule has 2 heterocycles. The largest absolute Gasteiger partial charge is 0.354 e. The Morgan fingerprint density at radius 1 is 1.47 bits per heavy atom. The van der Waals surface area contributed by atoms with E-state index >= 15 is 0 Å². The lowest BCUT2D eigenvalue weighted by Crippen LogP contribution is -2.31. The van der Waals surface area contributed by atoms with Crippen LogP contribution in [0.3, 0.4) is 0 Å². The first kappa shape index (κ1) is 12.1. The van der Waals surface area contributed by atoms with E-state index in [2.05, 4.69) is 47.1 Å². The highest BCUT2D eigenvalue weighted by molar-refractivity contribution is 7.16. The molecular formula is C11H17N5S. The van der Waals surface area contributed by atoms with Crippen molar-refractivity contribution in [1.29, 1.82) is 0 Å². The maximum Gasteiger partial charge on any atom is 0.240 e. The van der Waals surface area contributed by atoms with E-state index in [1.165, 1.54) is 0 Å².